The lowest BCUT2D eigenvalue weighted by molar-refractivity contribution is -0.383. The van der Waals surface area contributed by atoms with Crippen LogP contribution in [0.4, 0.5) is 17.1 Å². The fourth-order valence-corrected chi connectivity index (χ4v) is 2.26. The molecule has 0 aliphatic carbocycles. The van der Waals surface area contributed by atoms with Gasteiger partial charge in [-0.15, -0.1) is 0 Å². The third-order valence-corrected chi connectivity index (χ3v) is 3.42. The van der Waals surface area contributed by atoms with E-state index >= 15 is 0 Å². The monoisotopic (exact) mass is 391 g/mol. The molecule has 0 atom stereocenters. The summed E-state index contributed by atoms with van der Waals surface area (Å²) in [5.74, 6) is -1.85. The van der Waals surface area contributed by atoms with Gasteiger partial charge in [0.05, 0.1) is 10.5 Å². The minimum Gasteiger partial charge on any atom is -0.452 e. The minimum absolute atomic E-state index is 0.0712. The molecule has 0 fully saturated rings. The summed E-state index contributed by atoms with van der Waals surface area (Å²) in [7, 11) is 0. The van der Waals surface area contributed by atoms with Crippen LogP contribution in [-0.2, 0) is 14.3 Å². The molecule has 2 aromatic carbocycles. The Labute approximate surface area is 158 Å². The molecule has 2 rings (SSSR count). The maximum Gasteiger partial charge on any atom is 0.338 e. The molecule has 10 heteroatoms. The van der Waals surface area contributed by atoms with Crippen molar-refractivity contribution in [2.45, 2.75) is 6.92 Å². The van der Waals surface area contributed by atoms with Crippen LogP contribution in [-0.4, -0.2) is 29.3 Å². The van der Waals surface area contributed by atoms with E-state index in [1.165, 1.54) is 31.2 Å². The normalized spacial score (nSPS) is 10.0. The van der Waals surface area contributed by atoms with Crippen molar-refractivity contribution >= 4 is 46.4 Å². The molecule has 0 bridgehead atoms. The number of nitrogens with zero attached hydrogens (tertiary/aromatic N) is 1. The van der Waals surface area contributed by atoms with Gasteiger partial charge in [0.1, 0.15) is 5.69 Å². The van der Waals surface area contributed by atoms with Crippen LogP contribution < -0.4 is 10.6 Å². The van der Waals surface area contributed by atoms with Gasteiger partial charge in [-0.3, -0.25) is 19.7 Å². The Kier molecular flexibility index (Phi) is 6.45. The summed E-state index contributed by atoms with van der Waals surface area (Å²) < 4.78 is 4.89. The second-order valence-corrected chi connectivity index (χ2v) is 5.74. The topological polar surface area (TPSA) is 128 Å². The predicted molar refractivity (Wildman–Crippen MR) is 97.8 cm³/mol. The van der Waals surface area contributed by atoms with Crippen molar-refractivity contribution in [3.05, 3.63) is 63.2 Å². The van der Waals surface area contributed by atoms with Gasteiger partial charge in [0, 0.05) is 23.7 Å². The number of carbonyl (C=O) groups is 3. The van der Waals surface area contributed by atoms with E-state index in [1.807, 2.05) is 0 Å². The molecule has 140 valence electrons. The average Bonchev–Trinajstić information content (AvgIpc) is 2.60. The summed E-state index contributed by atoms with van der Waals surface area (Å²) in [4.78, 5) is 45.3. The van der Waals surface area contributed by atoms with E-state index in [2.05, 4.69) is 10.6 Å². The van der Waals surface area contributed by atoms with Crippen LogP contribution in [0.25, 0.3) is 0 Å². The van der Waals surface area contributed by atoms with Crippen molar-refractivity contribution in [2.24, 2.45) is 0 Å². The lowest BCUT2D eigenvalue weighted by Crippen LogP contribution is -2.21. The molecule has 0 aromatic heterocycles. The largest absolute Gasteiger partial charge is 0.452 e. The van der Waals surface area contributed by atoms with Crippen molar-refractivity contribution in [1.82, 2.24) is 0 Å². The summed E-state index contributed by atoms with van der Waals surface area (Å²) >= 11 is 5.70. The fraction of sp³-hybridized carbons (Fsp3) is 0.118. The maximum absolute atomic E-state index is 12.0. The Morgan fingerprint density at radius 3 is 2.56 bits per heavy atom. The molecule has 0 aliphatic heterocycles. The molecule has 27 heavy (non-hydrogen) atoms. The van der Waals surface area contributed by atoms with E-state index in [9.17, 15) is 24.5 Å². The molecule has 0 unspecified atom stereocenters. The van der Waals surface area contributed by atoms with E-state index in [4.69, 9.17) is 16.3 Å². The van der Waals surface area contributed by atoms with Crippen LogP contribution >= 0.6 is 11.6 Å². The molecule has 2 amide bonds. The number of nitro groups is 1. The smallest absolute Gasteiger partial charge is 0.338 e. The van der Waals surface area contributed by atoms with Crippen molar-refractivity contribution < 1.29 is 24.0 Å². The maximum atomic E-state index is 12.0. The Bertz CT molecular complexity index is 915. The molecule has 0 heterocycles. The first-order valence-corrected chi connectivity index (χ1v) is 7.92. The summed E-state index contributed by atoms with van der Waals surface area (Å²) in [5.41, 5.74) is 0.0769. The van der Waals surface area contributed by atoms with E-state index in [0.29, 0.717) is 5.69 Å². The van der Waals surface area contributed by atoms with Gasteiger partial charge in [-0.25, -0.2) is 4.79 Å². The SMILES string of the molecule is CC(=O)Nc1cccc(C(=O)OCC(=O)Nc2ccc(Cl)cc2[N+](=O)[O-])c1. The number of carbonyl (C=O) groups excluding carboxylic acids is 3. The number of nitrogens with one attached hydrogen (secondary N) is 2. The molecule has 0 saturated heterocycles. The highest BCUT2D eigenvalue weighted by Crippen LogP contribution is 2.27. The molecule has 0 aliphatic rings. The lowest BCUT2D eigenvalue weighted by Gasteiger charge is -2.08. The summed E-state index contributed by atoms with van der Waals surface area (Å²) in [5, 5.41) is 15.9. The average molecular weight is 392 g/mol. The first kappa shape index (κ1) is 19.9. The zero-order chi connectivity index (χ0) is 20.0. The highest BCUT2D eigenvalue weighted by Gasteiger charge is 2.17. The number of halogens is 1. The van der Waals surface area contributed by atoms with Crippen LogP contribution in [0.1, 0.15) is 17.3 Å². The van der Waals surface area contributed by atoms with Crippen molar-refractivity contribution in [3.8, 4) is 0 Å². The number of rotatable bonds is 6. The molecule has 2 aromatic rings. The number of ether oxygens (including phenoxy) is 1. The third-order valence-electron chi connectivity index (χ3n) is 3.18. The Balaban J connectivity index is 1.99. The van der Waals surface area contributed by atoms with Gasteiger partial charge >= 0.3 is 5.97 Å². The first-order valence-electron chi connectivity index (χ1n) is 7.55. The minimum atomic E-state index is -0.789. The molecule has 0 radical (unpaired) electrons. The van der Waals surface area contributed by atoms with Crippen molar-refractivity contribution in [3.63, 3.8) is 0 Å². The van der Waals surface area contributed by atoms with Gasteiger partial charge in [0.15, 0.2) is 6.61 Å². The van der Waals surface area contributed by atoms with Crippen LogP contribution in [0.5, 0.6) is 0 Å². The standard InChI is InChI=1S/C17H14ClN3O6/c1-10(22)19-13-4-2-3-11(7-13)17(24)27-9-16(23)20-14-6-5-12(18)8-15(14)21(25)26/h2-8H,9H2,1H3,(H,19,22)(H,20,23). The quantitative estimate of drug-likeness (QED) is 0.442. The highest BCUT2D eigenvalue weighted by atomic mass is 35.5. The Morgan fingerprint density at radius 2 is 1.89 bits per heavy atom. The number of benzene rings is 2. The van der Waals surface area contributed by atoms with Crippen LogP contribution in [0, 0.1) is 10.1 Å². The summed E-state index contributed by atoms with van der Waals surface area (Å²) in [6.45, 7) is 0.675. The van der Waals surface area contributed by atoms with E-state index in [1.54, 1.807) is 12.1 Å². The number of nitro benzene ring substituents is 1. The van der Waals surface area contributed by atoms with E-state index in [-0.39, 0.29) is 27.9 Å². The molecular weight excluding hydrogens is 378 g/mol. The number of anilines is 2. The zero-order valence-electron chi connectivity index (χ0n) is 14.0. The highest BCUT2D eigenvalue weighted by molar-refractivity contribution is 6.31. The fourth-order valence-electron chi connectivity index (χ4n) is 2.09. The second kappa shape index (κ2) is 8.77. The zero-order valence-corrected chi connectivity index (χ0v) is 14.8. The molecular formula is C17H14ClN3O6. The molecule has 0 spiro atoms. The van der Waals surface area contributed by atoms with E-state index < -0.39 is 23.4 Å². The third kappa shape index (κ3) is 5.79. The number of hydrogen-bond acceptors (Lipinski definition) is 6. The van der Waals surface area contributed by atoms with Crippen LogP contribution in [0.15, 0.2) is 42.5 Å². The first-order chi connectivity index (χ1) is 12.8. The van der Waals surface area contributed by atoms with Gasteiger partial charge in [-0.1, -0.05) is 17.7 Å². The van der Waals surface area contributed by atoms with Gasteiger partial charge < -0.3 is 15.4 Å². The van der Waals surface area contributed by atoms with Crippen molar-refractivity contribution in [1.29, 1.82) is 0 Å². The van der Waals surface area contributed by atoms with Crippen LogP contribution in [0.3, 0.4) is 0 Å². The van der Waals surface area contributed by atoms with Crippen LogP contribution in [0.2, 0.25) is 5.02 Å². The predicted octanol–water partition coefficient (Wildman–Crippen LogP) is 3.00. The lowest BCUT2D eigenvalue weighted by atomic mass is 10.2. The number of amides is 2. The van der Waals surface area contributed by atoms with Gasteiger partial charge in [0.2, 0.25) is 5.91 Å². The summed E-state index contributed by atoms with van der Waals surface area (Å²) in [6.07, 6.45) is 0. The molecule has 0 saturated carbocycles. The van der Waals surface area contributed by atoms with E-state index in [0.717, 1.165) is 6.07 Å². The summed E-state index contributed by atoms with van der Waals surface area (Å²) in [6, 6.07) is 9.72. The van der Waals surface area contributed by atoms with Gasteiger partial charge in [-0.05, 0) is 30.3 Å². The second-order valence-electron chi connectivity index (χ2n) is 5.30. The molecule has 9 nitrogen and oxygen atoms in total. The number of esters is 1. The Morgan fingerprint density at radius 1 is 1.15 bits per heavy atom. The van der Waals surface area contributed by atoms with Gasteiger partial charge in [0.25, 0.3) is 11.6 Å². The Hall–Kier alpha value is -3.46. The van der Waals surface area contributed by atoms with Gasteiger partial charge in [-0.2, -0.15) is 0 Å². The van der Waals surface area contributed by atoms with Crippen molar-refractivity contribution in [2.75, 3.05) is 17.2 Å². The number of hydrogen-bond donors (Lipinski definition) is 2. The molecule has 2 N–H and O–H groups in total.